The molecule has 1 saturated carbocycles. The van der Waals surface area contributed by atoms with E-state index in [9.17, 15) is 4.79 Å². The summed E-state index contributed by atoms with van der Waals surface area (Å²) < 4.78 is 28.7. The highest BCUT2D eigenvalue weighted by Gasteiger charge is 2.36. The van der Waals surface area contributed by atoms with E-state index in [1.165, 1.54) is 12.4 Å². The molecule has 232 valence electrons. The number of rotatable bonds is 5. The maximum Gasteiger partial charge on any atom is 0.410 e. The Bertz CT molecular complexity index is 1630. The minimum atomic E-state index is -0.509. The van der Waals surface area contributed by atoms with E-state index in [2.05, 4.69) is 21.9 Å². The summed E-state index contributed by atoms with van der Waals surface area (Å²) in [4.78, 5) is 26.2. The summed E-state index contributed by atoms with van der Waals surface area (Å²) in [6, 6.07) is 14.5. The van der Waals surface area contributed by atoms with Gasteiger partial charge in [-0.3, -0.25) is 4.90 Å². The molecule has 1 amide bonds. The lowest BCUT2D eigenvalue weighted by Crippen LogP contribution is -2.57. The van der Waals surface area contributed by atoms with Gasteiger partial charge in [0.05, 0.1) is 0 Å². The number of ether oxygens (including phenoxy) is 2. The smallest absolute Gasteiger partial charge is 0.410 e. The first-order valence-electron chi connectivity index (χ1n) is 15.3. The van der Waals surface area contributed by atoms with Crippen molar-refractivity contribution in [2.45, 2.75) is 77.0 Å². The van der Waals surface area contributed by atoms with E-state index >= 15 is 4.39 Å². The van der Waals surface area contributed by atoms with Crippen LogP contribution < -0.4 is 10.5 Å². The van der Waals surface area contributed by atoms with Crippen LogP contribution in [-0.4, -0.2) is 72.8 Å². The number of halogens is 1. The molecular formula is C33H40FN7O3. The molecule has 3 heterocycles. The molecule has 1 atom stereocenters. The van der Waals surface area contributed by atoms with Crippen molar-refractivity contribution in [1.29, 1.82) is 0 Å². The van der Waals surface area contributed by atoms with Gasteiger partial charge in [0, 0.05) is 49.3 Å². The number of fused-ring (bicyclic) bond motifs is 1. The summed E-state index contributed by atoms with van der Waals surface area (Å²) in [6.07, 6.45) is 5.00. The van der Waals surface area contributed by atoms with Crippen LogP contribution in [0.3, 0.4) is 0 Å². The molecule has 4 aromatic rings. The van der Waals surface area contributed by atoms with Crippen molar-refractivity contribution in [3.05, 3.63) is 66.5 Å². The topological polar surface area (TPSA) is 111 Å². The molecule has 1 aliphatic carbocycles. The lowest BCUT2D eigenvalue weighted by Gasteiger charge is -2.45. The van der Waals surface area contributed by atoms with Crippen molar-refractivity contribution >= 4 is 17.4 Å². The fraction of sp³-hybridized carbons (Fsp3) is 0.455. The van der Waals surface area contributed by atoms with Gasteiger partial charge < -0.3 is 20.1 Å². The van der Waals surface area contributed by atoms with Crippen LogP contribution in [0.25, 0.3) is 16.8 Å². The monoisotopic (exact) mass is 601 g/mol. The van der Waals surface area contributed by atoms with Gasteiger partial charge in [0.1, 0.15) is 46.3 Å². The van der Waals surface area contributed by atoms with Crippen LogP contribution in [0.5, 0.6) is 11.5 Å². The van der Waals surface area contributed by atoms with Gasteiger partial charge in [0.15, 0.2) is 5.82 Å². The first-order chi connectivity index (χ1) is 21.1. The van der Waals surface area contributed by atoms with Gasteiger partial charge in [0.25, 0.3) is 0 Å². The molecule has 2 aromatic carbocycles. The van der Waals surface area contributed by atoms with E-state index in [1.807, 2.05) is 56.0 Å². The first-order valence-corrected chi connectivity index (χ1v) is 15.3. The molecule has 0 spiro atoms. The molecule has 2 fully saturated rings. The maximum absolute atomic E-state index is 15.5. The number of hydrogen-bond acceptors (Lipinski definition) is 8. The largest absolute Gasteiger partial charge is 0.457 e. The second-order valence-corrected chi connectivity index (χ2v) is 12.8. The molecule has 11 heteroatoms. The van der Waals surface area contributed by atoms with Crippen LogP contribution >= 0.6 is 0 Å². The molecule has 1 saturated heterocycles. The van der Waals surface area contributed by atoms with E-state index in [1.54, 1.807) is 16.6 Å². The molecule has 2 aliphatic rings. The van der Waals surface area contributed by atoms with Gasteiger partial charge in [-0.25, -0.2) is 23.7 Å². The summed E-state index contributed by atoms with van der Waals surface area (Å²) in [7, 11) is 0. The number of nitrogens with zero attached hydrogens (tertiary/aromatic N) is 6. The highest BCUT2D eigenvalue weighted by atomic mass is 19.1. The Kier molecular flexibility index (Phi) is 8.15. The lowest BCUT2D eigenvalue weighted by molar-refractivity contribution is -0.00759. The fourth-order valence-corrected chi connectivity index (χ4v) is 6.41. The van der Waals surface area contributed by atoms with Crippen LogP contribution in [0.4, 0.5) is 15.0 Å². The number of amides is 1. The number of anilines is 1. The number of aromatic nitrogens is 4. The average molecular weight is 602 g/mol. The highest BCUT2D eigenvalue weighted by Crippen LogP contribution is 2.39. The summed E-state index contributed by atoms with van der Waals surface area (Å²) in [5, 5.41) is 4.49. The summed E-state index contributed by atoms with van der Waals surface area (Å²) >= 11 is 0. The SMILES string of the molecule is CC1CN([C@H]2CC[C@@H](c3nc(-c4ccc(Oc5ccccc5)cc4F)c4c(N)ncnn43)CC2)CCN1C(=O)OC(C)(C)C. The summed E-state index contributed by atoms with van der Waals surface area (Å²) in [6.45, 7) is 10.1. The van der Waals surface area contributed by atoms with Gasteiger partial charge in [0.2, 0.25) is 0 Å². The van der Waals surface area contributed by atoms with E-state index in [0.717, 1.165) is 44.6 Å². The van der Waals surface area contributed by atoms with Crippen molar-refractivity contribution in [3.8, 4) is 22.8 Å². The molecular weight excluding hydrogens is 561 g/mol. The minimum absolute atomic E-state index is 0.0779. The third kappa shape index (κ3) is 6.19. The standard InChI is InChI=1S/C33H40FN7O3/c1-21-19-39(16-17-40(21)32(42)44-33(2,3)4)23-12-10-22(11-13-23)31-38-28(29-30(35)36-20-37-41(29)31)26-15-14-25(18-27(26)34)43-24-8-6-5-7-9-24/h5-9,14-15,18,20-23H,10-13,16-17,19H2,1-4H3,(H2,35,36,37)/t21?,22-,23+. The Hall–Kier alpha value is -4.25. The van der Waals surface area contributed by atoms with Crippen molar-refractivity contribution in [2.75, 3.05) is 25.4 Å². The molecule has 1 aliphatic heterocycles. The van der Waals surface area contributed by atoms with E-state index in [4.69, 9.17) is 20.2 Å². The second-order valence-electron chi connectivity index (χ2n) is 12.8. The van der Waals surface area contributed by atoms with Crippen LogP contribution in [-0.2, 0) is 4.74 Å². The normalized spacial score (nSPS) is 21.4. The minimum Gasteiger partial charge on any atom is -0.457 e. The van der Waals surface area contributed by atoms with Gasteiger partial charge in [-0.2, -0.15) is 5.10 Å². The third-order valence-corrected chi connectivity index (χ3v) is 8.53. The fourth-order valence-electron chi connectivity index (χ4n) is 6.41. The van der Waals surface area contributed by atoms with Gasteiger partial charge in [-0.15, -0.1) is 0 Å². The third-order valence-electron chi connectivity index (χ3n) is 8.53. The maximum atomic E-state index is 15.5. The van der Waals surface area contributed by atoms with Crippen molar-refractivity contribution < 1.29 is 18.7 Å². The zero-order valence-electron chi connectivity index (χ0n) is 25.7. The number of nitrogens with two attached hydrogens (primary N) is 1. The molecule has 44 heavy (non-hydrogen) atoms. The molecule has 0 radical (unpaired) electrons. The molecule has 10 nitrogen and oxygen atoms in total. The van der Waals surface area contributed by atoms with Gasteiger partial charge in [-0.05, 0) is 77.6 Å². The predicted octanol–water partition coefficient (Wildman–Crippen LogP) is 6.27. The number of imidazole rings is 1. The Morgan fingerprint density at radius 3 is 2.45 bits per heavy atom. The Morgan fingerprint density at radius 2 is 1.77 bits per heavy atom. The molecule has 2 aromatic heterocycles. The molecule has 2 N–H and O–H groups in total. The number of piperazine rings is 1. The lowest BCUT2D eigenvalue weighted by atomic mass is 9.84. The Morgan fingerprint density at radius 1 is 1.02 bits per heavy atom. The molecule has 0 bridgehead atoms. The second kappa shape index (κ2) is 12.0. The summed E-state index contributed by atoms with van der Waals surface area (Å²) in [5.74, 6) is 1.73. The zero-order chi connectivity index (χ0) is 31.0. The van der Waals surface area contributed by atoms with Crippen molar-refractivity contribution in [2.24, 2.45) is 0 Å². The molecule has 6 rings (SSSR count). The number of hydrogen-bond donors (Lipinski definition) is 1. The van der Waals surface area contributed by atoms with Crippen LogP contribution in [0.2, 0.25) is 0 Å². The van der Waals surface area contributed by atoms with Gasteiger partial charge >= 0.3 is 6.09 Å². The number of nitrogen functional groups attached to an aromatic ring is 1. The number of para-hydroxylation sites is 1. The van der Waals surface area contributed by atoms with Crippen LogP contribution in [0.15, 0.2) is 54.9 Å². The van der Waals surface area contributed by atoms with Gasteiger partial charge in [-0.1, -0.05) is 18.2 Å². The number of carbonyl (C=O) groups is 1. The first kappa shape index (κ1) is 29.8. The highest BCUT2D eigenvalue weighted by molar-refractivity contribution is 5.85. The van der Waals surface area contributed by atoms with Crippen molar-refractivity contribution in [3.63, 3.8) is 0 Å². The van der Waals surface area contributed by atoms with E-state index in [0.29, 0.717) is 40.9 Å². The van der Waals surface area contributed by atoms with E-state index < -0.39 is 11.4 Å². The van der Waals surface area contributed by atoms with Crippen molar-refractivity contribution in [1.82, 2.24) is 29.4 Å². The quantitative estimate of drug-likeness (QED) is 0.285. The van der Waals surface area contributed by atoms with E-state index in [-0.39, 0.29) is 23.9 Å². The summed E-state index contributed by atoms with van der Waals surface area (Å²) in [5.41, 5.74) is 7.06. The average Bonchev–Trinajstić information content (AvgIpc) is 3.37. The Labute approximate surface area is 257 Å². The van der Waals surface area contributed by atoms with Crippen LogP contribution in [0.1, 0.15) is 65.1 Å². The molecule has 1 unspecified atom stereocenters. The predicted molar refractivity (Wildman–Crippen MR) is 166 cm³/mol. The zero-order valence-corrected chi connectivity index (χ0v) is 25.7. The number of carbonyl (C=O) groups excluding carboxylic acids is 1. The Balaban J connectivity index is 1.17. The number of benzene rings is 2. The van der Waals surface area contributed by atoms with Crippen LogP contribution in [0, 0.1) is 5.82 Å².